The molecule has 0 amide bonds. The van der Waals surface area contributed by atoms with Crippen molar-refractivity contribution >= 4 is 28.2 Å². The smallest absolute Gasteiger partial charge is 0.0913 e. The van der Waals surface area contributed by atoms with Crippen LogP contribution in [-0.2, 0) is 12.8 Å². The highest BCUT2D eigenvalue weighted by molar-refractivity contribution is 6.35. The van der Waals surface area contributed by atoms with E-state index in [1.54, 1.807) is 0 Å². The largest absolute Gasteiger partial charge is 0.323 e. The van der Waals surface area contributed by atoms with Crippen molar-refractivity contribution in [2.45, 2.75) is 39.0 Å². The molecule has 1 heterocycles. The molecule has 0 bridgehead atoms. The van der Waals surface area contributed by atoms with Crippen LogP contribution in [0.4, 0.5) is 5.69 Å². The fourth-order valence-electron chi connectivity index (χ4n) is 2.96. The second-order valence-corrected chi connectivity index (χ2v) is 5.67. The Labute approximate surface area is 118 Å². The summed E-state index contributed by atoms with van der Waals surface area (Å²) < 4.78 is 0. The average molecular weight is 276 g/mol. The van der Waals surface area contributed by atoms with Crippen LogP contribution in [0.5, 0.6) is 0 Å². The first-order valence-corrected chi connectivity index (χ1v) is 7.16. The van der Waals surface area contributed by atoms with Crippen LogP contribution in [0.2, 0.25) is 5.02 Å². The molecule has 1 aliphatic rings. The van der Waals surface area contributed by atoms with Gasteiger partial charge in [-0.15, -0.1) is 0 Å². The molecule has 1 aromatic heterocycles. The van der Waals surface area contributed by atoms with Gasteiger partial charge in [-0.05, 0) is 55.9 Å². The average Bonchev–Trinajstić information content (AvgIpc) is 2.61. The van der Waals surface area contributed by atoms with Crippen LogP contribution in [-0.4, -0.2) is 4.98 Å². The maximum atomic E-state index is 6.34. The highest BCUT2D eigenvalue weighted by Crippen LogP contribution is 2.35. The Morgan fingerprint density at radius 1 is 1.21 bits per heavy atom. The van der Waals surface area contributed by atoms with Gasteiger partial charge in [0.2, 0.25) is 0 Å². The van der Waals surface area contributed by atoms with Crippen molar-refractivity contribution in [1.82, 2.24) is 4.98 Å². The van der Waals surface area contributed by atoms with Crippen molar-refractivity contribution in [3.8, 4) is 0 Å². The van der Waals surface area contributed by atoms with Crippen molar-refractivity contribution in [3.05, 3.63) is 34.0 Å². The summed E-state index contributed by atoms with van der Waals surface area (Å²) >= 11 is 6.34. The number of nitrogens with two attached hydrogens (primary N) is 1. The van der Waals surface area contributed by atoms with Gasteiger partial charge in [0.25, 0.3) is 0 Å². The summed E-state index contributed by atoms with van der Waals surface area (Å²) in [5, 5.41) is 1.74. The summed E-state index contributed by atoms with van der Waals surface area (Å²) in [6, 6.07) is 4.06. The number of halogens is 1. The van der Waals surface area contributed by atoms with Crippen molar-refractivity contribution in [1.29, 1.82) is 0 Å². The van der Waals surface area contributed by atoms with E-state index in [0.29, 0.717) is 5.02 Å². The zero-order chi connectivity index (χ0) is 13.4. The number of hydrazine groups is 1. The maximum Gasteiger partial charge on any atom is 0.0913 e. The maximum absolute atomic E-state index is 6.34. The zero-order valence-electron chi connectivity index (χ0n) is 11.1. The highest BCUT2D eigenvalue weighted by Gasteiger charge is 2.18. The number of nitrogens with one attached hydrogen (secondary N) is 1. The second-order valence-electron chi connectivity index (χ2n) is 5.26. The van der Waals surface area contributed by atoms with E-state index in [1.807, 2.05) is 13.0 Å². The van der Waals surface area contributed by atoms with E-state index in [4.69, 9.17) is 22.4 Å². The lowest BCUT2D eigenvalue weighted by Gasteiger charge is -2.16. The first-order valence-electron chi connectivity index (χ1n) is 6.79. The molecule has 1 aliphatic carbocycles. The lowest BCUT2D eigenvalue weighted by atomic mass is 10.0. The van der Waals surface area contributed by atoms with Crippen molar-refractivity contribution in [3.63, 3.8) is 0 Å². The van der Waals surface area contributed by atoms with Crippen LogP contribution < -0.4 is 11.3 Å². The highest BCUT2D eigenvalue weighted by atomic mass is 35.5. The number of fused-ring (bicyclic) bond motifs is 2. The van der Waals surface area contributed by atoms with E-state index >= 15 is 0 Å². The molecule has 0 aliphatic heterocycles. The van der Waals surface area contributed by atoms with Gasteiger partial charge < -0.3 is 5.43 Å². The molecule has 3 rings (SSSR count). The number of anilines is 1. The molecule has 0 saturated heterocycles. The van der Waals surface area contributed by atoms with Gasteiger partial charge in [-0.3, -0.25) is 10.8 Å². The van der Waals surface area contributed by atoms with E-state index in [0.717, 1.165) is 40.7 Å². The van der Waals surface area contributed by atoms with Gasteiger partial charge in [-0.25, -0.2) is 0 Å². The number of pyridine rings is 1. The number of nitrogens with zero attached hydrogens (tertiary/aromatic N) is 1. The Morgan fingerprint density at radius 3 is 2.79 bits per heavy atom. The van der Waals surface area contributed by atoms with Gasteiger partial charge in [-0.2, -0.15) is 0 Å². The summed E-state index contributed by atoms with van der Waals surface area (Å²) in [5.74, 6) is 5.77. The first-order chi connectivity index (χ1) is 9.20. The summed E-state index contributed by atoms with van der Waals surface area (Å²) in [6.07, 6.45) is 5.71. The molecular weight excluding hydrogens is 258 g/mol. The van der Waals surface area contributed by atoms with Gasteiger partial charge in [0.1, 0.15) is 0 Å². The number of rotatable bonds is 1. The summed E-state index contributed by atoms with van der Waals surface area (Å²) in [6.45, 7) is 2.04. The predicted molar refractivity (Wildman–Crippen MR) is 80.6 cm³/mol. The van der Waals surface area contributed by atoms with E-state index in [9.17, 15) is 0 Å². The number of aromatic nitrogens is 1. The molecule has 19 heavy (non-hydrogen) atoms. The molecule has 1 aromatic carbocycles. The van der Waals surface area contributed by atoms with Crippen LogP contribution in [0.1, 0.15) is 36.1 Å². The number of benzene rings is 1. The van der Waals surface area contributed by atoms with E-state index in [2.05, 4.69) is 11.5 Å². The standard InChI is InChI=1S/C15H18ClN3/c1-9-7-11-14(19-17)10-5-3-2-4-6-13(10)18-15(11)12(16)8-9/h7-8H,2-6,17H2,1H3,(H,18,19). The van der Waals surface area contributed by atoms with E-state index in [1.165, 1.54) is 24.8 Å². The molecule has 3 nitrogen and oxygen atoms in total. The first kappa shape index (κ1) is 12.7. The molecule has 0 unspecified atom stereocenters. The minimum atomic E-state index is 0.707. The minimum Gasteiger partial charge on any atom is -0.323 e. The third-order valence-corrected chi connectivity index (χ3v) is 4.15. The molecule has 4 heteroatoms. The number of aryl methyl sites for hydroxylation is 2. The Morgan fingerprint density at radius 2 is 2.00 bits per heavy atom. The van der Waals surface area contributed by atoms with Gasteiger partial charge in [0.15, 0.2) is 0 Å². The molecule has 0 saturated carbocycles. The third-order valence-electron chi connectivity index (χ3n) is 3.86. The van der Waals surface area contributed by atoms with Crippen LogP contribution in [0, 0.1) is 6.92 Å². The van der Waals surface area contributed by atoms with Crippen molar-refractivity contribution in [2.24, 2.45) is 5.84 Å². The lowest BCUT2D eigenvalue weighted by molar-refractivity contribution is 0.709. The summed E-state index contributed by atoms with van der Waals surface area (Å²) in [4.78, 5) is 4.80. The lowest BCUT2D eigenvalue weighted by Crippen LogP contribution is -2.12. The molecule has 3 N–H and O–H groups in total. The Kier molecular flexibility index (Phi) is 3.33. The molecule has 0 radical (unpaired) electrons. The quantitative estimate of drug-likeness (QED) is 0.473. The SMILES string of the molecule is Cc1cc(Cl)c2nc3c(c(NN)c2c1)CCCCC3. The van der Waals surface area contributed by atoms with Crippen molar-refractivity contribution < 1.29 is 0 Å². The van der Waals surface area contributed by atoms with Gasteiger partial charge >= 0.3 is 0 Å². The molecule has 0 fully saturated rings. The third kappa shape index (κ3) is 2.17. The minimum absolute atomic E-state index is 0.707. The Bertz CT molecular complexity index is 637. The van der Waals surface area contributed by atoms with E-state index in [-0.39, 0.29) is 0 Å². The Hall–Kier alpha value is -1.32. The fraction of sp³-hybridized carbons (Fsp3) is 0.400. The molecule has 0 atom stereocenters. The Balaban J connectivity index is 2.36. The fourth-order valence-corrected chi connectivity index (χ4v) is 3.28. The molecule has 0 spiro atoms. The number of hydrogen-bond donors (Lipinski definition) is 2. The molecular formula is C15H18ClN3. The normalized spacial score (nSPS) is 15.1. The molecule has 100 valence electrons. The predicted octanol–water partition coefficient (Wildman–Crippen LogP) is 3.75. The van der Waals surface area contributed by atoms with Gasteiger partial charge in [0.05, 0.1) is 16.2 Å². The van der Waals surface area contributed by atoms with Crippen LogP contribution in [0.15, 0.2) is 12.1 Å². The monoisotopic (exact) mass is 275 g/mol. The van der Waals surface area contributed by atoms with Crippen LogP contribution in [0.3, 0.4) is 0 Å². The number of nitrogen functional groups attached to an aromatic ring is 1. The number of hydrogen-bond acceptors (Lipinski definition) is 3. The van der Waals surface area contributed by atoms with Crippen molar-refractivity contribution in [2.75, 3.05) is 5.43 Å². The topological polar surface area (TPSA) is 50.9 Å². The summed E-state index contributed by atoms with van der Waals surface area (Å²) in [5.41, 5.74) is 8.31. The van der Waals surface area contributed by atoms with Crippen LogP contribution >= 0.6 is 11.6 Å². The molecule has 2 aromatic rings. The van der Waals surface area contributed by atoms with Crippen LogP contribution in [0.25, 0.3) is 10.9 Å². The van der Waals surface area contributed by atoms with Gasteiger partial charge in [-0.1, -0.05) is 18.0 Å². The van der Waals surface area contributed by atoms with Gasteiger partial charge in [0, 0.05) is 11.1 Å². The van der Waals surface area contributed by atoms with E-state index < -0.39 is 0 Å². The second kappa shape index (κ2) is 4.99. The zero-order valence-corrected chi connectivity index (χ0v) is 11.8. The summed E-state index contributed by atoms with van der Waals surface area (Å²) in [7, 11) is 0.